The lowest BCUT2D eigenvalue weighted by atomic mass is 9.44. The number of hydrogen-bond acceptors (Lipinski definition) is 22. The highest BCUT2D eigenvalue weighted by Gasteiger charge is 2.75. The van der Waals surface area contributed by atoms with Crippen molar-refractivity contribution in [3.63, 3.8) is 0 Å². The summed E-state index contributed by atoms with van der Waals surface area (Å²) in [5.41, 5.74) is -1.38. The molecular formula is C59H86O22. The molecule has 0 amide bonds. The van der Waals surface area contributed by atoms with E-state index < -0.39 is 176 Å². The average Bonchev–Trinajstić information content (AvgIpc) is 4.02. The molecule has 4 saturated heterocycles. The predicted molar refractivity (Wildman–Crippen MR) is 283 cm³/mol. The van der Waals surface area contributed by atoms with Gasteiger partial charge in [-0.05, 0) is 89.2 Å². The van der Waals surface area contributed by atoms with Gasteiger partial charge in [-0.2, -0.15) is 0 Å². The number of fused-ring (bicyclic) bond motifs is 5. The van der Waals surface area contributed by atoms with Gasteiger partial charge in [0.25, 0.3) is 0 Å². The number of carbonyl (C=O) groups is 3. The minimum atomic E-state index is -1.68. The van der Waals surface area contributed by atoms with Crippen LogP contribution in [-0.2, 0) is 76.0 Å². The Morgan fingerprint density at radius 2 is 1.31 bits per heavy atom. The highest BCUT2D eigenvalue weighted by molar-refractivity contribution is 5.87. The number of carbonyl (C=O) groups excluding carboxylic acids is 3. The summed E-state index contributed by atoms with van der Waals surface area (Å²) in [4.78, 5) is 40.5. The van der Waals surface area contributed by atoms with Gasteiger partial charge in [-0.25, -0.2) is 4.79 Å². The maximum absolute atomic E-state index is 14.0. The van der Waals surface area contributed by atoms with Crippen LogP contribution < -0.4 is 0 Å². The predicted octanol–water partition coefficient (Wildman–Crippen LogP) is 2.81. The molecule has 6 N–H and O–H groups in total. The fourth-order valence-corrected chi connectivity index (χ4v) is 15.3. The van der Waals surface area contributed by atoms with Crippen molar-refractivity contribution in [3.05, 3.63) is 53.6 Å². The second kappa shape index (κ2) is 25.3. The number of esters is 2. The van der Waals surface area contributed by atoms with Gasteiger partial charge >= 0.3 is 11.9 Å². The van der Waals surface area contributed by atoms with Crippen LogP contribution in [0, 0.1) is 28.6 Å². The maximum atomic E-state index is 14.0. The van der Waals surface area contributed by atoms with Crippen LogP contribution in [0.5, 0.6) is 0 Å². The summed E-state index contributed by atoms with van der Waals surface area (Å²) >= 11 is 0. The zero-order chi connectivity index (χ0) is 58.5. The van der Waals surface area contributed by atoms with Gasteiger partial charge in [0, 0.05) is 64.4 Å². The van der Waals surface area contributed by atoms with Gasteiger partial charge in [-0.1, -0.05) is 55.8 Å². The molecule has 4 aliphatic carbocycles. The minimum Gasteiger partial charge on any atom is -0.458 e. The molecule has 0 bridgehead atoms. The Balaban J connectivity index is 0.838. The first-order valence-corrected chi connectivity index (χ1v) is 28.7. The SMILES string of the molecule is CO[C@H]1[C@@H](O)[C@H](O[C@H]2[C@@H](OC)C[C@H](O[C@H]3[C@@H](OC)C[C@H](O[C@@H]4CC[C@@]5(C)C(=CC[C@@H]6[C@@H]5[C@H](OC(=O)/C=C/c5ccccc5)[C@@H](OC(C)=O)[C@]5(C)[C@@H](C(C)=O)CC[C@]65O)C4)O[C@@H]3C)O[C@@H]2C)O[C@H](C)[C@H]1O[C@@H]1O[C@H](CO)[C@@H](O)[C@H](O)[C@H]1O. The van der Waals surface area contributed by atoms with E-state index in [0.717, 1.165) is 11.1 Å². The molecule has 1 aromatic rings. The normalized spacial score (nSPS) is 47.1. The van der Waals surface area contributed by atoms with Crippen molar-refractivity contribution in [3.8, 4) is 0 Å². The molecule has 27 atom stereocenters. The lowest BCUT2D eigenvalue weighted by Gasteiger charge is -2.64. The first kappa shape index (κ1) is 62.2. The Bertz CT molecular complexity index is 2390. The van der Waals surface area contributed by atoms with Gasteiger partial charge in [-0.15, -0.1) is 0 Å². The molecule has 0 radical (unpaired) electrons. The number of ketones is 1. The molecule has 7 fully saturated rings. The molecule has 9 rings (SSSR count). The van der Waals surface area contributed by atoms with Crippen LogP contribution >= 0.6 is 0 Å². The third kappa shape index (κ3) is 11.9. The van der Waals surface area contributed by atoms with E-state index in [1.807, 2.05) is 44.2 Å². The smallest absolute Gasteiger partial charge is 0.331 e. The Labute approximate surface area is 473 Å². The van der Waals surface area contributed by atoms with Crippen molar-refractivity contribution in [1.29, 1.82) is 0 Å². The van der Waals surface area contributed by atoms with Crippen molar-refractivity contribution in [1.82, 2.24) is 0 Å². The molecule has 22 heteroatoms. The summed E-state index contributed by atoms with van der Waals surface area (Å²) < 4.78 is 80.9. The molecule has 8 aliphatic rings. The van der Waals surface area contributed by atoms with Crippen molar-refractivity contribution in [2.75, 3.05) is 27.9 Å². The van der Waals surface area contributed by atoms with E-state index in [4.69, 9.17) is 61.6 Å². The zero-order valence-electron chi connectivity index (χ0n) is 48.1. The summed E-state index contributed by atoms with van der Waals surface area (Å²) in [6.07, 6.45) is -12.0. The van der Waals surface area contributed by atoms with E-state index in [1.165, 1.54) is 34.1 Å². The van der Waals surface area contributed by atoms with Crippen molar-refractivity contribution < 1.29 is 107 Å². The number of Topliss-reactive ketones (excluding diaryl/α,β-unsaturated/α-hetero) is 1. The number of aliphatic hydroxyl groups excluding tert-OH is 5. The van der Waals surface area contributed by atoms with Gasteiger partial charge in [0.05, 0.1) is 48.8 Å². The van der Waals surface area contributed by atoms with Crippen LogP contribution in [0.15, 0.2) is 48.1 Å². The van der Waals surface area contributed by atoms with Crippen LogP contribution in [0.1, 0.15) is 105 Å². The van der Waals surface area contributed by atoms with Gasteiger partial charge in [0.1, 0.15) is 72.9 Å². The van der Waals surface area contributed by atoms with Crippen molar-refractivity contribution in [2.24, 2.45) is 28.6 Å². The third-order valence-electron chi connectivity index (χ3n) is 19.5. The van der Waals surface area contributed by atoms with Crippen molar-refractivity contribution in [2.45, 2.75) is 234 Å². The first-order chi connectivity index (χ1) is 38.5. The molecule has 3 saturated carbocycles. The van der Waals surface area contributed by atoms with Crippen LogP contribution in [0.2, 0.25) is 0 Å². The number of aliphatic hydroxyl groups is 6. The van der Waals surface area contributed by atoms with Crippen LogP contribution in [-0.4, -0.2) is 211 Å². The Morgan fingerprint density at radius 1 is 0.691 bits per heavy atom. The van der Waals surface area contributed by atoms with Crippen LogP contribution in [0.3, 0.4) is 0 Å². The van der Waals surface area contributed by atoms with Gasteiger partial charge in [-0.3, -0.25) is 9.59 Å². The molecule has 0 spiro atoms. The lowest BCUT2D eigenvalue weighted by molar-refractivity contribution is -0.373. The molecule has 0 aromatic heterocycles. The monoisotopic (exact) mass is 1150 g/mol. The van der Waals surface area contributed by atoms with Gasteiger partial charge in [0.2, 0.25) is 0 Å². The van der Waals surface area contributed by atoms with E-state index in [1.54, 1.807) is 27.0 Å². The van der Waals surface area contributed by atoms with E-state index in [-0.39, 0.29) is 18.3 Å². The summed E-state index contributed by atoms with van der Waals surface area (Å²) in [7, 11) is 4.50. The first-order valence-electron chi connectivity index (χ1n) is 28.7. The van der Waals surface area contributed by atoms with Crippen LogP contribution in [0.25, 0.3) is 6.08 Å². The highest BCUT2D eigenvalue weighted by Crippen LogP contribution is 2.69. The standard InChI is InChI=1S/C59H86O22/c1-28(61)36-21-23-59(68)37-18-17-34-24-35(20-22-57(34,6)44(37)52(54(58(36,59)7)75-32(5)62)78-41(63)19-16-33-14-12-11-13-15-33)76-42-25-38(69-8)49(29(2)72-42)79-43-26-39(70-9)50(30(3)73-43)80-56-48(67)53(71-10)51(31(4)74-56)81-55-47(66)46(65)45(64)40(27-60)77-55/h11-17,19,29-31,35-40,42-56,60,64-68H,18,20-27H2,1-10H3/b19-16+/t29-,30-,31-,35-,36-,37-,38+,39+,40-,42+,43+,44-,45-,46+,47-,48-,49-,50-,51-,52+,53+,54-,55+,56+,57+,58+,59+/m1/s1. The van der Waals surface area contributed by atoms with Crippen LogP contribution in [0.4, 0.5) is 0 Å². The molecule has 0 unspecified atom stereocenters. The summed E-state index contributed by atoms with van der Waals surface area (Å²) in [6, 6.07) is 9.36. The highest BCUT2D eigenvalue weighted by atomic mass is 16.8. The van der Waals surface area contributed by atoms with E-state index in [0.29, 0.717) is 44.9 Å². The maximum Gasteiger partial charge on any atom is 0.331 e. The largest absolute Gasteiger partial charge is 0.458 e. The third-order valence-corrected chi connectivity index (χ3v) is 19.5. The molecule has 81 heavy (non-hydrogen) atoms. The number of rotatable bonds is 17. The fourth-order valence-electron chi connectivity index (χ4n) is 15.3. The van der Waals surface area contributed by atoms with Crippen molar-refractivity contribution >= 4 is 23.8 Å². The molecule has 454 valence electrons. The lowest BCUT2D eigenvalue weighted by Crippen LogP contribution is -2.72. The topological polar surface area (TPSA) is 293 Å². The van der Waals surface area contributed by atoms with Gasteiger partial charge < -0.3 is 92.2 Å². The molecule has 22 nitrogen and oxygen atoms in total. The number of benzene rings is 1. The van der Waals surface area contributed by atoms with E-state index in [2.05, 4.69) is 13.0 Å². The zero-order valence-corrected chi connectivity index (χ0v) is 48.1. The molecular weight excluding hydrogens is 1060 g/mol. The molecule has 1 aromatic carbocycles. The summed E-state index contributed by atoms with van der Waals surface area (Å²) in [6.45, 7) is 11.5. The summed E-state index contributed by atoms with van der Waals surface area (Å²) in [5.74, 6) is -2.86. The average molecular weight is 1150 g/mol. The second-order valence-corrected chi connectivity index (χ2v) is 24.1. The Hall–Kier alpha value is -3.37. The van der Waals surface area contributed by atoms with E-state index >= 15 is 0 Å². The number of hydrogen-bond donors (Lipinski definition) is 6. The minimum absolute atomic E-state index is 0.118. The number of allylic oxidation sites excluding steroid dienone is 1. The number of methoxy groups -OCH3 is 3. The molecule has 4 aliphatic heterocycles. The van der Waals surface area contributed by atoms with E-state index in [9.17, 15) is 45.0 Å². The summed E-state index contributed by atoms with van der Waals surface area (Å²) in [5, 5.41) is 65.6. The number of ether oxygens (including phenoxy) is 13. The second-order valence-electron chi connectivity index (χ2n) is 24.1. The molecule has 4 heterocycles. The fraction of sp³-hybridized carbons (Fsp3) is 0.780. The Kier molecular flexibility index (Phi) is 19.4. The van der Waals surface area contributed by atoms with Gasteiger partial charge in [0.15, 0.2) is 25.2 Å². The quantitative estimate of drug-likeness (QED) is 0.0743. The Morgan fingerprint density at radius 3 is 1.93 bits per heavy atom.